The van der Waals surface area contributed by atoms with Gasteiger partial charge in [0, 0.05) is 5.92 Å². The Balaban J connectivity index is 3.39. The molecule has 0 amide bonds. The SMILES string of the molecule is CC(C)C[N+](C)(C)[O-]. The first-order valence-corrected chi connectivity index (χ1v) is 2.96. The molecule has 0 aromatic heterocycles. The van der Waals surface area contributed by atoms with Gasteiger partial charge in [-0.1, -0.05) is 13.8 Å². The zero-order chi connectivity index (χ0) is 6.78. The van der Waals surface area contributed by atoms with Crippen molar-refractivity contribution < 1.29 is 4.65 Å². The van der Waals surface area contributed by atoms with Gasteiger partial charge in [-0.3, -0.25) is 0 Å². The van der Waals surface area contributed by atoms with Crippen LogP contribution in [0.4, 0.5) is 0 Å². The Bertz CT molecular complexity index is 63.4. The molecule has 0 aliphatic carbocycles. The number of quaternary nitrogens is 1. The summed E-state index contributed by atoms with van der Waals surface area (Å²) in [4.78, 5) is 0. The molecule has 2 nitrogen and oxygen atoms in total. The van der Waals surface area contributed by atoms with Crippen molar-refractivity contribution in [3.05, 3.63) is 5.21 Å². The summed E-state index contributed by atoms with van der Waals surface area (Å²) in [6.45, 7) is 4.82. The number of hydroxylamine groups is 3. The summed E-state index contributed by atoms with van der Waals surface area (Å²) in [5, 5.41) is 10.9. The third-order valence-corrected chi connectivity index (χ3v) is 0.805. The van der Waals surface area contributed by atoms with E-state index in [1.807, 2.05) is 0 Å². The van der Waals surface area contributed by atoms with Crippen molar-refractivity contribution in [2.45, 2.75) is 13.8 Å². The number of rotatable bonds is 2. The second-order valence-corrected chi connectivity index (χ2v) is 3.15. The maximum absolute atomic E-state index is 10.9. The van der Waals surface area contributed by atoms with E-state index in [1.165, 1.54) is 0 Å². The van der Waals surface area contributed by atoms with Crippen LogP contribution in [0.5, 0.6) is 0 Å². The van der Waals surface area contributed by atoms with Gasteiger partial charge in [-0.2, -0.15) is 0 Å². The maximum atomic E-state index is 10.9. The Hall–Kier alpha value is -0.0800. The van der Waals surface area contributed by atoms with Gasteiger partial charge in [0.1, 0.15) is 0 Å². The molecule has 0 aromatic carbocycles. The van der Waals surface area contributed by atoms with Crippen molar-refractivity contribution in [2.75, 3.05) is 20.6 Å². The van der Waals surface area contributed by atoms with Crippen LogP contribution in [0.2, 0.25) is 0 Å². The Morgan fingerprint density at radius 1 is 1.38 bits per heavy atom. The molecule has 0 aliphatic heterocycles. The second-order valence-electron chi connectivity index (χ2n) is 3.15. The van der Waals surface area contributed by atoms with E-state index in [4.69, 9.17) is 0 Å². The lowest BCUT2D eigenvalue weighted by molar-refractivity contribution is -0.843. The highest BCUT2D eigenvalue weighted by Gasteiger charge is 2.03. The lowest BCUT2D eigenvalue weighted by Gasteiger charge is -2.35. The molecule has 0 saturated carbocycles. The monoisotopic (exact) mass is 117 g/mol. The molecule has 0 saturated heterocycles. The minimum absolute atomic E-state index is 0.169. The van der Waals surface area contributed by atoms with Crippen LogP contribution in [-0.2, 0) is 0 Å². The molecule has 0 spiro atoms. The Kier molecular flexibility index (Phi) is 2.44. The fourth-order valence-electron chi connectivity index (χ4n) is 0.879. The van der Waals surface area contributed by atoms with E-state index in [-0.39, 0.29) is 4.65 Å². The van der Waals surface area contributed by atoms with Gasteiger partial charge in [0.15, 0.2) is 0 Å². The van der Waals surface area contributed by atoms with Crippen LogP contribution in [0.25, 0.3) is 0 Å². The van der Waals surface area contributed by atoms with Gasteiger partial charge in [-0.15, -0.1) is 0 Å². The van der Waals surface area contributed by atoms with Gasteiger partial charge >= 0.3 is 0 Å². The van der Waals surface area contributed by atoms with E-state index in [0.717, 1.165) is 0 Å². The van der Waals surface area contributed by atoms with E-state index >= 15 is 0 Å². The van der Waals surface area contributed by atoms with E-state index in [2.05, 4.69) is 13.8 Å². The first kappa shape index (κ1) is 7.92. The van der Waals surface area contributed by atoms with Gasteiger partial charge < -0.3 is 9.85 Å². The summed E-state index contributed by atoms with van der Waals surface area (Å²) >= 11 is 0. The molecule has 0 rings (SSSR count). The van der Waals surface area contributed by atoms with Crippen molar-refractivity contribution in [2.24, 2.45) is 5.92 Å². The summed E-state index contributed by atoms with van der Waals surface area (Å²) in [5.41, 5.74) is 0. The normalized spacial score (nSPS) is 12.8. The van der Waals surface area contributed by atoms with Crippen LogP contribution in [0.15, 0.2) is 0 Å². The largest absolute Gasteiger partial charge is 0.633 e. The Morgan fingerprint density at radius 2 is 1.75 bits per heavy atom. The van der Waals surface area contributed by atoms with Crippen molar-refractivity contribution in [1.82, 2.24) is 0 Å². The summed E-state index contributed by atoms with van der Waals surface area (Å²) in [7, 11) is 3.33. The molecular weight excluding hydrogens is 102 g/mol. The number of hydrogen-bond donors (Lipinski definition) is 0. The lowest BCUT2D eigenvalue weighted by Crippen LogP contribution is -2.35. The van der Waals surface area contributed by atoms with Crippen molar-refractivity contribution in [1.29, 1.82) is 0 Å². The second kappa shape index (κ2) is 2.46. The highest BCUT2D eigenvalue weighted by atomic mass is 16.5. The number of nitrogens with zero attached hydrogens (tertiary/aromatic N) is 1. The van der Waals surface area contributed by atoms with Crippen LogP contribution < -0.4 is 0 Å². The molecule has 0 heterocycles. The molecule has 0 aliphatic rings. The van der Waals surface area contributed by atoms with Crippen LogP contribution in [0, 0.1) is 11.1 Å². The molecule has 8 heavy (non-hydrogen) atoms. The average Bonchev–Trinajstić information content (AvgIpc) is 1.21. The summed E-state index contributed by atoms with van der Waals surface area (Å²) in [5.74, 6) is 0.502. The minimum Gasteiger partial charge on any atom is -0.633 e. The van der Waals surface area contributed by atoms with Gasteiger partial charge in [0.05, 0.1) is 20.6 Å². The van der Waals surface area contributed by atoms with Crippen molar-refractivity contribution >= 4 is 0 Å². The molecule has 2 heteroatoms. The standard InChI is InChI=1S/C6H15NO/c1-6(2)5-7(3,4)8/h6H,5H2,1-4H3. The van der Waals surface area contributed by atoms with E-state index in [1.54, 1.807) is 14.1 Å². The molecule has 0 N–H and O–H groups in total. The third kappa shape index (κ3) is 5.92. The van der Waals surface area contributed by atoms with E-state index in [0.29, 0.717) is 12.5 Å². The maximum Gasteiger partial charge on any atom is 0.0803 e. The topological polar surface area (TPSA) is 23.1 Å². The molecule has 0 atom stereocenters. The fraction of sp³-hybridized carbons (Fsp3) is 1.00. The highest BCUT2D eigenvalue weighted by Crippen LogP contribution is 2.00. The zero-order valence-corrected chi connectivity index (χ0v) is 6.14. The Morgan fingerprint density at radius 3 is 1.75 bits per heavy atom. The zero-order valence-electron chi connectivity index (χ0n) is 6.14. The smallest absolute Gasteiger partial charge is 0.0803 e. The molecule has 0 unspecified atom stereocenters. The molecule has 50 valence electrons. The van der Waals surface area contributed by atoms with Crippen LogP contribution >= 0.6 is 0 Å². The molecule has 0 fully saturated rings. The highest BCUT2D eigenvalue weighted by molar-refractivity contribution is 4.39. The Labute approximate surface area is 51.3 Å². The van der Waals surface area contributed by atoms with Crippen molar-refractivity contribution in [3.63, 3.8) is 0 Å². The van der Waals surface area contributed by atoms with Crippen LogP contribution in [-0.4, -0.2) is 25.3 Å². The predicted molar refractivity (Wildman–Crippen MR) is 35.2 cm³/mol. The van der Waals surface area contributed by atoms with Crippen LogP contribution in [0.3, 0.4) is 0 Å². The van der Waals surface area contributed by atoms with Crippen LogP contribution in [0.1, 0.15) is 13.8 Å². The average molecular weight is 117 g/mol. The molecular formula is C6H15NO. The number of hydrogen-bond acceptors (Lipinski definition) is 1. The first-order chi connectivity index (χ1) is 3.42. The first-order valence-electron chi connectivity index (χ1n) is 2.96. The lowest BCUT2D eigenvalue weighted by atomic mass is 10.2. The fourth-order valence-corrected chi connectivity index (χ4v) is 0.879. The molecule has 0 bridgehead atoms. The van der Waals surface area contributed by atoms with Gasteiger partial charge in [-0.05, 0) is 0 Å². The van der Waals surface area contributed by atoms with E-state index < -0.39 is 0 Å². The summed E-state index contributed by atoms with van der Waals surface area (Å²) < 4.78 is -0.169. The quantitative estimate of drug-likeness (QED) is 0.394. The summed E-state index contributed by atoms with van der Waals surface area (Å²) in [6.07, 6.45) is 0. The summed E-state index contributed by atoms with van der Waals surface area (Å²) in [6, 6.07) is 0. The van der Waals surface area contributed by atoms with Crippen molar-refractivity contribution in [3.8, 4) is 0 Å². The molecule has 0 radical (unpaired) electrons. The van der Waals surface area contributed by atoms with Gasteiger partial charge in [0.2, 0.25) is 0 Å². The predicted octanol–water partition coefficient (Wildman–Crippen LogP) is 1.22. The van der Waals surface area contributed by atoms with E-state index in [9.17, 15) is 5.21 Å². The molecule has 0 aromatic rings. The van der Waals surface area contributed by atoms with Gasteiger partial charge in [-0.25, -0.2) is 0 Å². The van der Waals surface area contributed by atoms with Gasteiger partial charge in [0.25, 0.3) is 0 Å². The third-order valence-electron chi connectivity index (χ3n) is 0.805. The minimum atomic E-state index is -0.169.